The van der Waals surface area contributed by atoms with Gasteiger partial charge < -0.3 is 10.5 Å². The summed E-state index contributed by atoms with van der Waals surface area (Å²) in [7, 11) is 0. The molecule has 0 bridgehead atoms. The largest absolute Gasteiger partial charge is 0.374 e. The van der Waals surface area contributed by atoms with Gasteiger partial charge in [-0.25, -0.2) is 4.39 Å². The first-order valence-corrected chi connectivity index (χ1v) is 6.04. The Morgan fingerprint density at radius 3 is 3.00 bits per heavy atom. The zero-order valence-electron chi connectivity index (χ0n) is 9.53. The Bertz CT molecular complexity index is 369. The molecule has 1 aliphatic rings. The average molecular weight is 259 g/mol. The number of halogens is 2. The summed E-state index contributed by atoms with van der Waals surface area (Å²) in [6, 6.07) is 4.61. The predicted octanol–water partition coefficient (Wildman–Crippen LogP) is 1.64. The van der Waals surface area contributed by atoms with E-state index < -0.39 is 0 Å². The third-order valence-corrected chi connectivity index (χ3v) is 3.03. The molecule has 1 aromatic rings. The van der Waals surface area contributed by atoms with Crippen molar-refractivity contribution in [3.05, 3.63) is 34.6 Å². The molecule has 0 radical (unpaired) electrons. The number of nitrogens with zero attached hydrogens (tertiary/aromatic N) is 1. The zero-order valence-corrected chi connectivity index (χ0v) is 10.3. The first kappa shape index (κ1) is 12.8. The maximum absolute atomic E-state index is 13.2. The van der Waals surface area contributed by atoms with E-state index in [0.717, 1.165) is 18.7 Å². The fraction of sp³-hybridized carbons (Fsp3) is 0.500. The average Bonchev–Trinajstić information content (AvgIpc) is 2.28. The molecule has 2 N–H and O–H groups in total. The summed E-state index contributed by atoms with van der Waals surface area (Å²) in [5, 5.41) is 0.434. The Labute approximate surface area is 105 Å². The minimum atomic E-state index is -0.295. The molecular formula is C12H16ClFN2O. The van der Waals surface area contributed by atoms with Gasteiger partial charge in [-0.15, -0.1) is 0 Å². The van der Waals surface area contributed by atoms with Crippen LogP contribution in [-0.4, -0.2) is 37.2 Å². The SMILES string of the molecule is NCC1CN(Cc2cc(F)cc(Cl)c2)CCO1. The van der Waals surface area contributed by atoms with Crippen molar-refractivity contribution in [1.29, 1.82) is 0 Å². The number of benzene rings is 1. The molecule has 94 valence electrons. The number of hydrogen-bond donors (Lipinski definition) is 1. The number of ether oxygens (including phenoxy) is 1. The Morgan fingerprint density at radius 2 is 2.29 bits per heavy atom. The highest BCUT2D eigenvalue weighted by molar-refractivity contribution is 6.30. The molecule has 2 rings (SSSR count). The Kier molecular flexibility index (Phi) is 4.34. The lowest BCUT2D eigenvalue weighted by Crippen LogP contribution is -2.45. The molecular weight excluding hydrogens is 243 g/mol. The standard InChI is InChI=1S/C12H16ClFN2O/c13-10-3-9(4-11(14)5-10)7-16-1-2-17-12(6-15)8-16/h3-5,12H,1-2,6-8,15H2. The van der Waals surface area contributed by atoms with Crippen LogP contribution in [0.5, 0.6) is 0 Å². The molecule has 1 saturated heterocycles. The van der Waals surface area contributed by atoms with Gasteiger partial charge in [0.2, 0.25) is 0 Å². The zero-order chi connectivity index (χ0) is 12.3. The van der Waals surface area contributed by atoms with E-state index in [4.69, 9.17) is 22.1 Å². The first-order chi connectivity index (χ1) is 8.17. The van der Waals surface area contributed by atoms with Gasteiger partial charge >= 0.3 is 0 Å². The first-order valence-electron chi connectivity index (χ1n) is 5.66. The summed E-state index contributed by atoms with van der Waals surface area (Å²) in [5.41, 5.74) is 6.46. The van der Waals surface area contributed by atoms with Crippen LogP contribution in [0.4, 0.5) is 4.39 Å². The lowest BCUT2D eigenvalue weighted by Gasteiger charge is -2.32. The van der Waals surface area contributed by atoms with Gasteiger partial charge in [-0.2, -0.15) is 0 Å². The smallest absolute Gasteiger partial charge is 0.125 e. The van der Waals surface area contributed by atoms with Crippen LogP contribution >= 0.6 is 11.6 Å². The second-order valence-electron chi connectivity index (χ2n) is 4.24. The van der Waals surface area contributed by atoms with E-state index in [1.54, 1.807) is 6.07 Å². The summed E-state index contributed by atoms with van der Waals surface area (Å²) in [4.78, 5) is 2.20. The molecule has 0 aliphatic carbocycles. The summed E-state index contributed by atoms with van der Waals surface area (Å²) in [6.45, 7) is 3.48. The molecule has 0 saturated carbocycles. The molecule has 1 atom stereocenters. The van der Waals surface area contributed by atoms with Crippen molar-refractivity contribution in [3.63, 3.8) is 0 Å². The third kappa shape index (κ3) is 3.64. The van der Waals surface area contributed by atoms with Crippen LogP contribution in [0.1, 0.15) is 5.56 Å². The van der Waals surface area contributed by atoms with Gasteiger partial charge in [0.15, 0.2) is 0 Å². The quantitative estimate of drug-likeness (QED) is 0.896. The van der Waals surface area contributed by atoms with E-state index >= 15 is 0 Å². The fourth-order valence-electron chi connectivity index (χ4n) is 2.03. The summed E-state index contributed by atoms with van der Waals surface area (Å²) >= 11 is 5.82. The maximum atomic E-state index is 13.2. The molecule has 3 nitrogen and oxygen atoms in total. The number of rotatable bonds is 3. The van der Waals surface area contributed by atoms with Gasteiger partial charge in [0.05, 0.1) is 12.7 Å². The van der Waals surface area contributed by atoms with Crippen LogP contribution in [-0.2, 0) is 11.3 Å². The Morgan fingerprint density at radius 1 is 1.47 bits per heavy atom. The lowest BCUT2D eigenvalue weighted by molar-refractivity contribution is -0.0260. The molecule has 1 heterocycles. The second-order valence-corrected chi connectivity index (χ2v) is 4.68. The van der Waals surface area contributed by atoms with Gasteiger partial charge in [-0.1, -0.05) is 11.6 Å². The van der Waals surface area contributed by atoms with Gasteiger partial charge in [0, 0.05) is 31.2 Å². The molecule has 1 fully saturated rings. The monoisotopic (exact) mass is 258 g/mol. The van der Waals surface area contributed by atoms with Gasteiger partial charge in [-0.05, 0) is 23.8 Å². The third-order valence-electron chi connectivity index (χ3n) is 2.81. The van der Waals surface area contributed by atoms with Crippen LogP contribution in [0.3, 0.4) is 0 Å². The summed E-state index contributed by atoms with van der Waals surface area (Å²) in [5.74, 6) is -0.295. The Hall–Kier alpha value is -0.680. The van der Waals surface area contributed by atoms with Crippen LogP contribution in [0.25, 0.3) is 0 Å². The number of morpholine rings is 1. The van der Waals surface area contributed by atoms with E-state index in [9.17, 15) is 4.39 Å². The normalized spacial score (nSPS) is 21.7. The summed E-state index contributed by atoms with van der Waals surface area (Å²) in [6.07, 6.45) is 0.0766. The minimum absolute atomic E-state index is 0.0766. The van der Waals surface area contributed by atoms with Gasteiger partial charge in [0.1, 0.15) is 5.82 Å². The predicted molar refractivity (Wildman–Crippen MR) is 65.5 cm³/mol. The Balaban J connectivity index is 2.00. The molecule has 1 unspecified atom stereocenters. The van der Waals surface area contributed by atoms with E-state index in [1.807, 2.05) is 0 Å². The molecule has 0 aromatic heterocycles. The highest BCUT2D eigenvalue weighted by Gasteiger charge is 2.19. The molecule has 0 spiro atoms. The molecule has 5 heteroatoms. The van der Waals surface area contributed by atoms with Crippen molar-refractivity contribution < 1.29 is 9.13 Å². The van der Waals surface area contributed by atoms with E-state index in [2.05, 4.69) is 4.90 Å². The minimum Gasteiger partial charge on any atom is -0.374 e. The van der Waals surface area contributed by atoms with Crippen molar-refractivity contribution in [2.24, 2.45) is 5.73 Å². The molecule has 17 heavy (non-hydrogen) atoms. The maximum Gasteiger partial charge on any atom is 0.125 e. The van der Waals surface area contributed by atoms with Crippen molar-refractivity contribution in [3.8, 4) is 0 Å². The molecule has 0 amide bonds. The van der Waals surface area contributed by atoms with Crippen LogP contribution < -0.4 is 5.73 Å². The van der Waals surface area contributed by atoms with Crippen LogP contribution in [0.15, 0.2) is 18.2 Å². The van der Waals surface area contributed by atoms with E-state index in [1.165, 1.54) is 12.1 Å². The number of hydrogen-bond acceptors (Lipinski definition) is 3. The van der Waals surface area contributed by atoms with Gasteiger partial charge in [0.25, 0.3) is 0 Å². The summed E-state index contributed by atoms with van der Waals surface area (Å²) < 4.78 is 18.7. The van der Waals surface area contributed by atoms with E-state index in [-0.39, 0.29) is 11.9 Å². The van der Waals surface area contributed by atoms with Crippen molar-refractivity contribution in [2.75, 3.05) is 26.2 Å². The van der Waals surface area contributed by atoms with Crippen molar-refractivity contribution in [2.45, 2.75) is 12.6 Å². The van der Waals surface area contributed by atoms with Crippen molar-refractivity contribution >= 4 is 11.6 Å². The fourth-order valence-corrected chi connectivity index (χ4v) is 2.27. The van der Waals surface area contributed by atoms with Crippen LogP contribution in [0, 0.1) is 5.82 Å². The van der Waals surface area contributed by atoms with Gasteiger partial charge in [-0.3, -0.25) is 4.90 Å². The highest BCUT2D eigenvalue weighted by atomic mass is 35.5. The topological polar surface area (TPSA) is 38.5 Å². The van der Waals surface area contributed by atoms with Crippen LogP contribution in [0.2, 0.25) is 5.02 Å². The lowest BCUT2D eigenvalue weighted by atomic mass is 10.2. The second kappa shape index (κ2) is 5.78. The highest BCUT2D eigenvalue weighted by Crippen LogP contribution is 2.17. The molecule has 1 aromatic carbocycles. The van der Waals surface area contributed by atoms with Crippen molar-refractivity contribution in [1.82, 2.24) is 4.90 Å². The molecule has 1 aliphatic heterocycles. The van der Waals surface area contributed by atoms with E-state index in [0.29, 0.717) is 24.7 Å². The number of nitrogens with two attached hydrogens (primary N) is 1.